The molecular formula is C23H26BrN3O5S2. The molecule has 1 aromatic heterocycles. The number of hydrogen-bond acceptors (Lipinski definition) is 8. The van der Waals surface area contributed by atoms with Crippen LogP contribution in [0.2, 0.25) is 0 Å². The van der Waals surface area contributed by atoms with E-state index in [1.54, 1.807) is 56.9 Å². The molecule has 2 aromatic carbocycles. The van der Waals surface area contributed by atoms with Gasteiger partial charge in [-0.3, -0.25) is 0 Å². The lowest BCUT2D eigenvalue weighted by Crippen LogP contribution is -2.48. The Bertz CT molecular complexity index is 1210. The van der Waals surface area contributed by atoms with Crippen molar-refractivity contribution < 1.29 is 22.6 Å². The summed E-state index contributed by atoms with van der Waals surface area (Å²) in [5, 5.41) is 2.92. The molecule has 0 aliphatic carbocycles. The highest BCUT2D eigenvalue weighted by Gasteiger charge is 2.29. The van der Waals surface area contributed by atoms with Crippen LogP contribution >= 0.6 is 27.3 Å². The first kappa shape index (κ1) is 24.8. The van der Waals surface area contributed by atoms with E-state index in [2.05, 4.69) is 20.8 Å². The molecule has 0 N–H and O–H groups in total. The summed E-state index contributed by atoms with van der Waals surface area (Å²) in [5.74, 6) is 1.77. The molecule has 1 aliphatic rings. The van der Waals surface area contributed by atoms with Crippen LogP contribution < -0.4 is 19.1 Å². The summed E-state index contributed by atoms with van der Waals surface area (Å²) in [7, 11) is 1.27. The Morgan fingerprint density at radius 2 is 1.59 bits per heavy atom. The molecule has 0 spiro atoms. The Kier molecular flexibility index (Phi) is 7.66. The third kappa shape index (κ3) is 5.17. The van der Waals surface area contributed by atoms with Gasteiger partial charge in [0.2, 0.25) is 15.8 Å². The predicted molar refractivity (Wildman–Crippen MR) is 136 cm³/mol. The summed E-state index contributed by atoms with van der Waals surface area (Å²) in [4.78, 5) is 7.24. The van der Waals surface area contributed by atoms with Crippen LogP contribution in [0.3, 0.4) is 0 Å². The number of benzene rings is 2. The molecule has 11 heteroatoms. The fraction of sp³-hybridized carbons (Fsp3) is 0.348. The third-order valence-corrected chi connectivity index (χ3v) is 9.00. The zero-order valence-electron chi connectivity index (χ0n) is 19.2. The lowest BCUT2D eigenvalue weighted by molar-refractivity contribution is 0.324. The standard InChI is InChI=1S/C23H26BrN3O5S2/c1-30-20-13-16(14-21(31-2)22(20)32-3)12-18-15-33-23(25-18)26-8-10-27(11-9-26)34(28,29)19-6-4-17(24)5-7-19/h4-7,13-15H,8-12H2,1-3H3. The number of anilines is 1. The van der Waals surface area contributed by atoms with Crippen molar-refractivity contribution in [1.82, 2.24) is 9.29 Å². The van der Waals surface area contributed by atoms with E-state index in [0.717, 1.165) is 20.9 Å². The molecule has 0 radical (unpaired) electrons. The Morgan fingerprint density at radius 3 is 2.15 bits per heavy atom. The van der Waals surface area contributed by atoms with E-state index in [1.807, 2.05) is 17.5 Å². The summed E-state index contributed by atoms with van der Waals surface area (Å²) >= 11 is 4.91. The Labute approximate surface area is 212 Å². The number of methoxy groups -OCH3 is 3. The van der Waals surface area contributed by atoms with E-state index in [4.69, 9.17) is 19.2 Å². The first-order valence-corrected chi connectivity index (χ1v) is 13.7. The first-order chi connectivity index (χ1) is 16.3. The fourth-order valence-corrected chi connectivity index (χ4v) is 6.41. The van der Waals surface area contributed by atoms with Gasteiger partial charge in [-0.05, 0) is 42.0 Å². The number of nitrogens with zero attached hydrogens (tertiary/aromatic N) is 3. The van der Waals surface area contributed by atoms with E-state index in [9.17, 15) is 8.42 Å². The average Bonchev–Trinajstić information content (AvgIpc) is 3.32. The minimum atomic E-state index is -3.50. The van der Waals surface area contributed by atoms with Gasteiger partial charge in [0.05, 0.1) is 31.9 Å². The molecule has 3 aromatic rings. The van der Waals surface area contributed by atoms with Gasteiger partial charge >= 0.3 is 0 Å². The van der Waals surface area contributed by atoms with Crippen LogP contribution in [-0.2, 0) is 16.4 Å². The molecule has 4 rings (SSSR count). The predicted octanol–water partition coefficient (Wildman–Crippen LogP) is 4.03. The second-order valence-electron chi connectivity index (χ2n) is 7.68. The lowest BCUT2D eigenvalue weighted by Gasteiger charge is -2.33. The molecule has 2 heterocycles. The van der Waals surface area contributed by atoms with Crippen molar-refractivity contribution in [3.05, 3.63) is 57.5 Å². The smallest absolute Gasteiger partial charge is 0.243 e. The molecule has 1 fully saturated rings. The van der Waals surface area contributed by atoms with Gasteiger partial charge in [-0.25, -0.2) is 13.4 Å². The van der Waals surface area contributed by atoms with Gasteiger partial charge in [-0.1, -0.05) is 15.9 Å². The number of rotatable bonds is 8. The molecule has 0 bridgehead atoms. The van der Waals surface area contributed by atoms with Crippen LogP contribution in [-0.4, -0.2) is 65.2 Å². The van der Waals surface area contributed by atoms with Crippen molar-refractivity contribution in [2.24, 2.45) is 0 Å². The largest absolute Gasteiger partial charge is 0.493 e. The lowest BCUT2D eigenvalue weighted by atomic mass is 10.1. The number of piperazine rings is 1. The van der Waals surface area contributed by atoms with Gasteiger partial charge in [-0.15, -0.1) is 11.3 Å². The molecule has 0 unspecified atom stereocenters. The van der Waals surface area contributed by atoms with Gasteiger partial charge in [0.25, 0.3) is 0 Å². The summed E-state index contributed by atoms with van der Waals surface area (Å²) in [6.45, 7) is 2.01. The first-order valence-electron chi connectivity index (χ1n) is 10.6. The summed E-state index contributed by atoms with van der Waals surface area (Å²) in [6, 6.07) is 10.6. The van der Waals surface area contributed by atoms with Gasteiger partial charge in [0.15, 0.2) is 16.6 Å². The van der Waals surface area contributed by atoms with Crippen molar-refractivity contribution in [2.45, 2.75) is 11.3 Å². The van der Waals surface area contributed by atoms with Crippen LogP contribution in [0.4, 0.5) is 5.13 Å². The number of sulfonamides is 1. The van der Waals surface area contributed by atoms with E-state index >= 15 is 0 Å². The number of hydrogen-bond donors (Lipinski definition) is 0. The Balaban J connectivity index is 1.42. The zero-order valence-corrected chi connectivity index (χ0v) is 22.4. The van der Waals surface area contributed by atoms with Crippen LogP contribution in [0.5, 0.6) is 17.2 Å². The highest BCUT2D eigenvalue weighted by Crippen LogP contribution is 2.39. The highest BCUT2D eigenvalue weighted by molar-refractivity contribution is 9.10. The number of aromatic nitrogens is 1. The second kappa shape index (κ2) is 10.5. The van der Waals surface area contributed by atoms with Crippen molar-refractivity contribution in [3.8, 4) is 17.2 Å². The van der Waals surface area contributed by atoms with Gasteiger partial charge < -0.3 is 19.1 Å². The molecule has 1 aliphatic heterocycles. The van der Waals surface area contributed by atoms with E-state index in [0.29, 0.717) is 54.7 Å². The normalized spacial score (nSPS) is 14.8. The molecule has 182 valence electrons. The van der Waals surface area contributed by atoms with Gasteiger partial charge in [-0.2, -0.15) is 4.31 Å². The molecule has 1 saturated heterocycles. The summed E-state index contributed by atoms with van der Waals surface area (Å²) < 4.78 is 44.6. The molecule has 0 amide bonds. The van der Waals surface area contributed by atoms with Gasteiger partial charge in [0.1, 0.15) is 0 Å². The quantitative estimate of drug-likeness (QED) is 0.406. The summed E-state index contributed by atoms with van der Waals surface area (Å²) in [6.07, 6.45) is 0.616. The molecule has 34 heavy (non-hydrogen) atoms. The van der Waals surface area contributed by atoms with Crippen molar-refractivity contribution in [1.29, 1.82) is 0 Å². The molecule has 0 saturated carbocycles. The number of thiazole rings is 1. The molecular weight excluding hydrogens is 542 g/mol. The van der Waals surface area contributed by atoms with Crippen LogP contribution in [0.15, 0.2) is 51.1 Å². The van der Waals surface area contributed by atoms with Crippen LogP contribution in [0, 0.1) is 0 Å². The maximum Gasteiger partial charge on any atom is 0.243 e. The second-order valence-corrected chi connectivity index (χ2v) is 11.4. The van der Waals surface area contributed by atoms with E-state index in [-0.39, 0.29) is 0 Å². The minimum Gasteiger partial charge on any atom is -0.493 e. The number of halogens is 1. The van der Waals surface area contributed by atoms with Gasteiger partial charge in [0, 0.05) is 42.5 Å². The van der Waals surface area contributed by atoms with Crippen molar-refractivity contribution in [2.75, 3.05) is 52.4 Å². The summed E-state index contributed by atoms with van der Waals surface area (Å²) in [5.41, 5.74) is 1.93. The van der Waals surface area contributed by atoms with Crippen molar-refractivity contribution in [3.63, 3.8) is 0 Å². The monoisotopic (exact) mass is 567 g/mol. The molecule has 0 atom stereocenters. The Morgan fingerprint density at radius 1 is 0.971 bits per heavy atom. The maximum atomic E-state index is 12.9. The molecule has 8 nitrogen and oxygen atoms in total. The third-order valence-electron chi connectivity index (χ3n) is 5.61. The topological polar surface area (TPSA) is 81.2 Å². The number of ether oxygens (including phenoxy) is 3. The van der Waals surface area contributed by atoms with Crippen LogP contribution in [0.1, 0.15) is 11.3 Å². The average molecular weight is 569 g/mol. The van der Waals surface area contributed by atoms with E-state index < -0.39 is 10.0 Å². The zero-order chi connectivity index (χ0) is 24.3. The SMILES string of the molecule is COc1cc(Cc2csc(N3CCN(S(=O)(=O)c4ccc(Br)cc4)CC3)n2)cc(OC)c1OC. The fourth-order valence-electron chi connectivity index (χ4n) is 3.84. The Hall–Kier alpha value is -2.34. The van der Waals surface area contributed by atoms with Crippen LogP contribution in [0.25, 0.3) is 0 Å². The maximum absolute atomic E-state index is 12.9. The van der Waals surface area contributed by atoms with Crippen molar-refractivity contribution >= 4 is 42.4 Å². The van der Waals surface area contributed by atoms with E-state index in [1.165, 1.54) is 4.31 Å². The highest BCUT2D eigenvalue weighted by atomic mass is 79.9. The minimum absolute atomic E-state index is 0.311.